The van der Waals surface area contributed by atoms with Crippen LogP contribution in [0, 0.1) is 0 Å². The number of aromatic carboxylic acids is 1. The van der Waals surface area contributed by atoms with Gasteiger partial charge in [0.15, 0.2) is 0 Å². The van der Waals surface area contributed by atoms with Crippen LogP contribution in [0.1, 0.15) is 39.2 Å². The van der Waals surface area contributed by atoms with Crippen molar-refractivity contribution in [3.8, 4) is 17.0 Å². The molecule has 0 saturated carbocycles. The Hall–Kier alpha value is -3.99. The van der Waals surface area contributed by atoms with Gasteiger partial charge in [0, 0.05) is 37.3 Å². The standard InChI is InChI=1S/C32H27F6N3O5S2/c33-31(34,35)22-14-20(15-23(16-22)32(36,37)38)25-4-1-3-24(39-25)17-27-28(42)41(30(47)48-27)7-2-10-46-26-6-5-19(29(43)44)13-21(26)18-40-8-11-45-12-9-40/h1,3-6,13-17H,2,7-12,18H2,(H,43,44)/b27-17-. The molecule has 1 aromatic heterocycles. The molecule has 0 unspecified atom stereocenters. The second-order valence-corrected chi connectivity index (χ2v) is 12.5. The van der Waals surface area contributed by atoms with Gasteiger partial charge in [0.2, 0.25) is 0 Å². The van der Waals surface area contributed by atoms with Crippen molar-refractivity contribution in [3.05, 3.63) is 87.5 Å². The maximum absolute atomic E-state index is 13.4. The predicted octanol–water partition coefficient (Wildman–Crippen LogP) is 6.99. The Labute approximate surface area is 280 Å². The third-order valence-corrected chi connectivity index (χ3v) is 8.77. The van der Waals surface area contributed by atoms with Crippen LogP contribution in [0.5, 0.6) is 5.75 Å². The minimum atomic E-state index is -5.01. The number of hydrogen-bond donors (Lipinski definition) is 1. The third kappa shape index (κ3) is 8.72. The van der Waals surface area contributed by atoms with Gasteiger partial charge in [0.25, 0.3) is 5.91 Å². The summed E-state index contributed by atoms with van der Waals surface area (Å²) in [5.74, 6) is -0.972. The fourth-order valence-corrected chi connectivity index (χ4v) is 6.30. The lowest BCUT2D eigenvalue weighted by Crippen LogP contribution is -2.35. The highest BCUT2D eigenvalue weighted by atomic mass is 32.2. The van der Waals surface area contributed by atoms with E-state index < -0.39 is 35.4 Å². The number of carbonyl (C=O) groups excluding carboxylic acids is 1. The van der Waals surface area contributed by atoms with Crippen LogP contribution in [0.25, 0.3) is 17.3 Å². The zero-order valence-electron chi connectivity index (χ0n) is 24.9. The van der Waals surface area contributed by atoms with Gasteiger partial charge in [-0.2, -0.15) is 26.3 Å². The summed E-state index contributed by atoms with van der Waals surface area (Å²) in [7, 11) is 0. The molecule has 2 fully saturated rings. The van der Waals surface area contributed by atoms with Crippen LogP contribution in [0.3, 0.4) is 0 Å². The number of carbonyl (C=O) groups is 2. The van der Waals surface area contributed by atoms with Crippen LogP contribution in [-0.2, 0) is 28.4 Å². The summed E-state index contributed by atoms with van der Waals surface area (Å²) in [5, 5.41) is 9.44. The lowest BCUT2D eigenvalue weighted by molar-refractivity contribution is -0.143. The highest BCUT2D eigenvalue weighted by Crippen LogP contribution is 2.39. The summed E-state index contributed by atoms with van der Waals surface area (Å²) < 4.78 is 91.9. The van der Waals surface area contributed by atoms with Gasteiger partial charge in [0.1, 0.15) is 10.1 Å². The molecule has 2 aromatic carbocycles. The largest absolute Gasteiger partial charge is 0.493 e. The van der Waals surface area contributed by atoms with Crippen LogP contribution in [-0.4, -0.2) is 75.5 Å². The molecule has 2 saturated heterocycles. The predicted molar refractivity (Wildman–Crippen MR) is 169 cm³/mol. The average molecular weight is 712 g/mol. The molecule has 3 aromatic rings. The topological polar surface area (TPSA) is 92.2 Å². The van der Waals surface area contributed by atoms with E-state index in [-0.39, 0.29) is 51.0 Å². The number of morpholine rings is 1. The van der Waals surface area contributed by atoms with Crippen molar-refractivity contribution in [2.24, 2.45) is 0 Å². The maximum Gasteiger partial charge on any atom is 0.416 e. The van der Waals surface area contributed by atoms with E-state index in [1.807, 2.05) is 0 Å². The Balaban J connectivity index is 1.25. The molecule has 8 nitrogen and oxygen atoms in total. The Morgan fingerprint density at radius 1 is 1.02 bits per heavy atom. The van der Waals surface area contributed by atoms with E-state index >= 15 is 0 Å². The van der Waals surface area contributed by atoms with Crippen molar-refractivity contribution in [2.75, 3.05) is 39.5 Å². The van der Waals surface area contributed by atoms with Crippen LogP contribution < -0.4 is 4.74 Å². The number of nitrogens with zero attached hydrogens (tertiary/aromatic N) is 3. The number of hydrogen-bond acceptors (Lipinski definition) is 8. The number of ether oxygens (including phenoxy) is 2. The van der Waals surface area contributed by atoms with Gasteiger partial charge in [-0.1, -0.05) is 30.0 Å². The second-order valence-electron chi connectivity index (χ2n) is 10.8. The quantitative estimate of drug-likeness (QED) is 0.104. The number of aromatic nitrogens is 1. The lowest BCUT2D eigenvalue weighted by Gasteiger charge is -2.27. The Bertz CT molecular complexity index is 1710. The number of halogens is 6. The number of pyridine rings is 1. The summed E-state index contributed by atoms with van der Waals surface area (Å²) in [6.07, 6.45) is -8.27. The molecule has 3 heterocycles. The number of benzene rings is 2. The van der Waals surface area contributed by atoms with Crippen LogP contribution in [0.4, 0.5) is 26.3 Å². The zero-order valence-corrected chi connectivity index (χ0v) is 26.6. The van der Waals surface area contributed by atoms with Gasteiger partial charge in [-0.3, -0.25) is 14.6 Å². The molecule has 1 N–H and O–H groups in total. The van der Waals surface area contributed by atoms with Gasteiger partial charge in [-0.05, 0) is 61.0 Å². The summed E-state index contributed by atoms with van der Waals surface area (Å²) in [4.78, 5) is 32.6. The lowest BCUT2D eigenvalue weighted by atomic mass is 10.0. The second kappa shape index (κ2) is 14.6. The Morgan fingerprint density at radius 3 is 2.35 bits per heavy atom. The summed E-state index contributed by atoms with van der Waals surface area (Å²) in [6, 6.07) is 10.0. The number of carboxylic acids is 1. The number of thiocarbonyl (C=S) groups is 1. The third-order valence-electron chi connectivity index (χ3n) is 7.40. The molecular weight excluding hydrogens is 684 g/mol. The first-order valence-electron chi connectivity index (χ1n) is 14.5. The fraction of sp³-hybridized carbons (Fsp3) is 0.312. The van der Waals surface area contributed by atoms with Crippen molar-refractivity contribution < 1.29 is 50.5 Å². The molecule has 48 heavy (non-hydrogen) atoms. The van der Waals surface area contributed by atoms with E-state index in [1.165, 1.54) is 35.2 Å². The average Bonchev–Trinajstić information content (AvgIpc) is 3.30. The summed E-state index contributed by atoms with van der Waals surface area (Å²) >= 11 is 6.38. The van der Waals surface area contributed by atoms with Crippen molar-refractivity contribution in [3.63, 3.8) is 0 Å². The Morgan fingerprint density at radius 2 is 1.71 bits per heavy atom. The van der Waals surface area contributed by atoms with Gasteiger partial charge in [0.05, 0.1) is 52.8 Å². The molecule has 0 radical (unpaired) electrons. The molecule has 1 amide bonds. The minimum Gasteiger partial charge on any atom is -0.493 e. The number of thioether (sulfide) groups is 1. The molecule has 2 aliphatic rings. The fourth-order valence-electron chi connectivity index (χ4n) is 5.00. The first-order valence-corrected chi connectivity index (χ1v) is 15.7. The highest BCUT2D eigenvalue weighted by Gasteiger charge is 2.37. The monoisotopic (exact) mass is 711 g/mol. The first-order chi connectivity index (χ1) is 22.7. The van der Waals surface area contributed by atoms with Gasteiger partial charge in [-0.25, -0.2) is 9.78 Å². The van der Waals surface area contributed by atoms with E-state index in [1.54, 1.807) is 12.1 Å². The molecule has 0 aliphatic carbocycles. The smallest absolute Gasteiger partial charge is 0.416 e. The van der Waals surface area contributed by atoms with Gasteiger partial charge < -0.3 is 14.6 Å². The number of alkyl halides is 6. The molecule has 0 bridgehead atoms. The molecule has 0 atom stereocenters. The highest BCUT2D eigenvalue weighted by molar-refractivity contribution is 8.26. The molecule has 2 aliphatic heterocycles. The van der Waals surface area contributed by atoms with Crippen molar-refractivity contribution in [1.29, 1.82) is 0 Å². The molecule has 254 valence electrons. The normalized spacial score (nSPS) is 17.0. The maximum atomic E-state index is 13.4. The number of rotatable bonds is 10. The molecule has 5 rings (SSSR count). The summed E-state index contributed by atoms with van der Waals surface area (Å²) in [5.41, 5.74) is -2.47. The van der Waals surface area contributed by atoms with Crippen LogP contribution in [0.2, 0.25) is 0 Å². The summed E-state index contributed by atoms with van der Waals surface area (Å²) in [6.45, 7) is 3.42. The van der Waals surface area contributed by atoms with Gasteiger partial charge in [-0.15, -0.1) is 0 Å². The van der Waals surface area contributed by atoms with Crippen molar-refractivity contribution >= 4 is 46.3 Å². The Kier molecular flexibility index (Phi) is 10.8. The number of amides is 1. The van der Waals surface area contributed by atoms with E-state index in [0.717, 1.165) is 11.8 Å². The van der Waals surface area contributed by atoms with Crippen molar-refractivity contribution in [2.45, 2.75) is 25.3 Å². The van der Waals surface area contributed by atoms with E-state index in [0.29, 0.717) is 62.7 Å². The first kappa shape index (κ1) is 35.3. The zero-order chi connectivity index (χ0) is 34.6. The minimum absolute atomic E-state index is 0.0448. The van der Waals surface area contributed by atoms with Crippen molar-refractivity contribution in [1.82, 2.24) is 14.8 Å². The SMILES string of the molecule is O=C(O)c1ccc(OCCCN2C(=O)/C(=C/c3cccc(-c4cc(C(F)(F)F)cc(C(F)(F)F)c4)n3)SC2=S)c(CN2CCOCC2)c1. The van der Waals surface area contributed by atoms with E-state index in [9.17, 15) is 41.0 Å². The molecule has 0 spiro atoms. The van der Waals surface area contributed by atoms with Crippen LogP contribution >= 0.6 is 24.0 Å². The molecule has 16 heteroatoms. The van der Waals surface area contributed by atoms with Crippen LogP contribution in [0.15, 0.2) is 59.5 Å². The molecular formula is C32H27F6N3O5S2. The van der Waals surface area contributed by atoms with E-state index in [2.05, 4.69) is 9.88 Å². The van der Waals surface area contributed by atoms with E-state index in [4.69, 9.17) is 21.7 Å². The van der Waals surface area contributed by atoms with Gasteiger partial charge >= 0.3 is 18.3 Å². The number of carboxylic acid groups (broad SMARTS) is 1.